The largest absolute Gasteiger partial charge is 0.396 e. The number of aliphatic hydroxyl groups excluding tert-OH is 1. The monoisotopic (exact) mass is 219 g/mol. The van der Waals surface area contributed by atoms with Crippen molar-refractivity contribution < 1.29 is 5.11 Å². The minimum absolute atomic E-state index is 0.134. The van der Waals surface area contributed by atoms with E-state index >= 15 is 0 Å². The lowest BCUT2D eigenvalue weighted by atomic mass is 9.95. The Morgan fingerprint density at radius 1 is 1.62 bits per heavy atom. The first-order valence-corrected chi connectivity index (χ1v) is 5.39. The maximum atomic E-state index is 9.00. The lowest BCUT2D eigenvalue weighted by Crippen LogP contribution is -2.35. The zero-order chi connectivity index (χ0) is 12.0. The topological polar surface area (TPSA) is 68.9 Å². The Kier molecular flexibility index (Phi) is 4.27. The van der Waals surface area contributed by atoms with Crippen molar-refractivity contribution in [3.05, 3.63) is 23.9 Å². The molecule has 4 heteroatoms. The van der Waals surface area contributed by atoms with Gasteiger partial charge in [-0.2, -0.15) is 5.26 Å². The van der Waals surface area contributed by atoms with Crippen LogP contribution in [0.2, 0.25) is 0 Å². The van der Waals surface area contributed by atoms with Crippen LogP contribution >= 0.6 is 0 Å². The molecule has 1 aromatic heterocycles. The number of pyridine rings is 1. The molecule has 1 heterocycles. The molecule has 0 aromatic carbocycles. The molecule has 0 radical (unpaired) electrons. The van der Waals surface area contributed by atoms with Gasteiger partial charge in [0.25, 0.3) is 0 Å². The average molecular weight is 219 g/mol. The highest BCUT2D eigenvalue weighted by Gasteiger charge is 2.21. The van der Waals surface area contributed by atoms with E-state index in [2.05, 4.69) is 23.3 Å². The third-order valence-electron chi connectivity index (χ3n) is 2.76. The van der Waals surface area contributed by atoms with Gasteiger partial charge < -0.3 is 10.4 Å². The standard InChI is InChI=1S/C12H17N3O/c1-3-12(2,5-7-16)15-11-8-10(9-13)4-6-14-11/h4,6,8,16H,3,5,7H2,1-2H3,(H,14,15). The third kappa shape index (κ3) is 3.21. The predicted octanol–water partition coefficient (Wildman–Crippen LogP) is 1.92. The van der Waals surface area contributed by atoms with Crippen LogP contribution in [0.1, 0.15) is 32.3 Å². The molecule has 4 nitrogen and oxygen atoms in total. The number of aromatic nitrogens is 1. The molecule has 0 aliphatic heterocycles. The fourth-order valence-corrected chi connectivity index (χ4v) is 1.45. The summed E-state index contributed by atoms with van der Waals surface area (Å²) in [5.41, 5.74) is 0.399. The predicted molar refractivity (Wildman–Crippen MR) is 63.0 cm³/mol. The van der Waals surface area contributed by atoms with Gasteiger partial charge in [-0.15, -0.1) is 0 Å². The first-order valence-electron chi connectivity index (χ1n) is 5.39. The van der Waals surface area contributed by atoms with Crippen LogP contribution in [0.5, 0.6) is 0 Å². The number of nitriles is 1. The van der Waals surface area contributed by atoms with Gasteiger partial charge in [-0.3, -0.25) is 0 Å². The van der Waals surface area contributed by atoms with Crippen LogP contribution in [0, 0.1) is 11.3 Å². The van der Waals surface area contributed by atoms with Crippen molar-refractivity contribution in [2.24, 2.45) is 0 Å². The number of anilines is 1. The van der Waals surface area contributed by atoms with Gasteiger partial charge >= 0.3 is 0 Å². The second-order valence-corrected chi connectivity index (χ2v) is 4.05. The van der Waals surface area contributed by atoms with E-state index in [9.17, 15) is 0 Å². The van der Waals surface area contributed by atoms with E-state index in [-0.39, 0.29) is 12.1 Å². The summed E-state index contributed by atoms with van der Waals surface area (Å²) >= 11 is 0. The van der Waals surface area contributed by atoms with Crippen molar-refractivity contribution in [1.29, 1.82) is 5.26 Å². The molecule has 0 amide bonds. The number of aliphatic hydroxyl groups is 1. The van der Waals surface area contributed by atoms with Crippen LogP contribution in [0.15, 0.2) is 18.3 Å². The molecule has 0 bridgehead atoms. The van der Waals surface area contributed by atoms with Gasteiger partial charge in [0, 0.05) is 18.3 Å². The van der Waals surface area contributed by atoms with Gasteiger partial charge in [0.2, 0.25) is 0 Å². The van der Waals surface area contributed by atoms with Gasteiger partial charge in [-0.25, -0.2) is 4.98 Å². The molecule has 16 heavy (non-hydrogen) atoms. The average Bonchev–Trinajstić information content (AvgIpc) is 2.29. The van der Waals surface area contributed by atoms with Gasteiger partial charge in [-0.05, 0) is 31.9 Å². The SMILES string of the molecule is CCC(C)(CCO)Nc1cc(C#N)ccn1. The van der Waals surface area contributed by atoms with Crippen LogP contribution in [0.3, 0.4) is 0 Å². The first kappa shape index (κ1) is 12.5. The smallest absolute Gasteiger partial charge is 0.127 e. The summed E-state index contributed by atoms with van der Waals surface area (Å²) in [6.45, 7) is 4.22. The molecule has 0 aliphatic rings. The van der Waals surface area contributed by atoms with E-state index in [1.165, 1.54) is 0 Å². The number of rotatable bonds is 5. The lowest BCUT2D eigenvalue weighted by molar-refractivity contribution is 0.252. The highest BCUT2D eigenvalue weighted by Crippen LogP contribution is 2.20. The highest BCUT2D eigenvalue weighted by molar-refractivity contribution is 5.44. The van der Waals surface area contributed by atoms with Crippen LogP contribution in [-0.2, 0) is 0 Å². The number of hydrogen-bond donors (Lipinski definition) is 2. The lowest BCUT2D eigenvalue weighted by Gasteiger charge is -2.29. The Morgan fingerprint density at radius 3 is 2.94 bits per heavy atom. The third-order valence-corrected chi connectivity index (χ3v) is 2.76. The van der Waals surface area contributed by atoms with Crippen LogP contribution < -0.4 is 5.32 Å². The van der Waals surface area contributed by atoms with Gasteiger partial charge in [0.15, 0.2) is 0 Å². The van der Waals surface area contributed by atoms with Crippen molar-refractivity contribution in [2.75, 3.05) is 11.9 Å². The van der Waals surface area contributed by atoms with E-state index in [0.29, 0.717) is 17.8 Å². The summed E-state index contributed by atoms with van der Waals surface area (Å²) < 4.78 is 0. The van der Waals surface area contributed by atoms with E-state index in [0.717, 1.165) is 6.42 Å². The van der Waals surface area contributed by atoms with E-state index < -0.39 is 0 Å². The number of nitrogens with zero attached hydrogens (tertiary/aromatic N) is 2. The summed E-state index contributed by atoms with van der Waals surface area (Å²) in [6.07, 6.45) is 3.14. The summed E-state index contributed by atoms with van der Waals surface area (Å²) in [4.78, 5) is 4.16. The molecule has 86 valence electrons. The maximum Gasteiger partial charge on any atom is 0.127 e. The minimum Gasteiger partial charge on any atom is -0.396 e. The normalized spacial score (nSPS) is 13.9. The van der Waals surface area contributed by atoms with Gasteiger partial charge in [0.1, 0.15) is 5.82 Å². The Labute approximate surface area is 95.9 Å². The highest BCUT2D eigenvalue weighted by atomic mass is 16.3. The summed E-state index contributed by atoms with van der Waals surface area (Å²) in [6, 6.07) is 5.45. The Balaban J connectivity index is 2.82. The van der Waals surface area contributed by atoms with E-state index in [1.54, 1.807) is 18.3 Å². The van der Waals surface area contributed by atoms with Gasteiger partial charge in [-0.1, -0.05) is 6.92 Å². The molecular formula is C12H17N3O. The van der Waals surface area contributed by atoms with Crippen LogP contribution in [-0.4, -0.2) is 22.2 Å². The second kappa shape index (κ2) is 5.47. The number of nitrogens with one attached hydrogen (secondary N) is 1. The molecule has 1 rings (SSSR count). The molecule has 0 saturated carbocycles. The first-order chi connectivity index (χ1) is 7.63. The molecule has 0 fully saturated rings. The maximum absolute atomic E-state index is 9.00. The van der Waals surface area contributed by atoms with Crippen LogP contribution in [0.4, 0.5) is 5.82 Å². The van der Waals surface area contributed by atoms with E-state index in [4.69, 9.17) is 10.4 Å². The Bertz CT molecular complexity index is 386. The molecule has 2 N–H and O–H groups in total. The molecule has 0 saturated heterocycles. The van der Waals surface area contributed by atoms with Crippen molar-refractivity contribution in [3.63, 3.8) is 0 Å². The fourth-order valence-electron chi connectivity index (χ4n) is 1.45. The van der Waals surface area contributed by atoms with Crippen LogP contribution in [0.25, 0.3) is 0 Å². The molecule has 0 aliphatic carbocycles. The molecule has 1 unspecified atom stereocenters. The number of hydrogen-bond acceptors (Lipinski definition) is 4. The van der Waals surface area contributed by atoms with Gasteiger partial charge in [0.05, 0.1) is 11.6 Å². The van der Waals surface area contributed by atoms with Crippen molar-refractivity contribution in [2.45, 2.75) is 32.2 Å². The molecular weight excluding hydrogens is 202 g/mol. The van der Waals surface area contributed by atoms with E-state index in [1.807, 2.05) is 6.92 Å². The second-order valence-electron chi connectivity index (χ2n) is 4.05. The molecule has 1 aromatic rings. The Morgan fingerprint density at radius 2 is 2.38 bits per heavy atom. The molecule has 0 spiro atoms. The summed E-state index contributed by atoms with van der Waals surface area (Å²) in [5, 5.41) is 21.0. The zero-order valence-corrected chi connectivity index (χ0v) is 9.70. The Hall–Kier alpha value is -1.60. The molecule has 1 atom stereocenters. The van der Waals surface area contributed by atoms with Crippen molar-refractivity contribution in [3.8, 4) is 6.07 Å². The summed E-state index contributed by atoms with van der Waals surface area (Å²) in [7, 11) is 0. The minimum atomic E-state index is -0.185. The van der Waals surface area contributed by atoms with Crippen molar-refractivity contribution in [1.82, 2.24) is 4.98 Å². The quantitative estimate of drug-likeness (QED) is 0.793. The zero-order valence-electron chi connectivity index (χ0n) is 9.70. The fraction of sp³-hybridized carbons (Fsp3) is 0.500. The van der Waals surface area contributed by atoms with Crippen molar-refractivity contribution >= 4 is 5.82 Å². The summed E-state index contributed by atoms with van der Waals surface area (Å²) in [5.74, 6) is 0.678.